The van der Waals surface area contributed by atoms with Gasteiger partial charge in [-0.1, -0.05) is 6.07 Å². The molecule has 1 heterocycles. The molecule has 1 aliphatic heterocycles. The summed E-state index contributed by atoms with van der Waals surface area (Å²) in [6.07, 6.45) is 2.39. The van der Waals surface area contributed by atoms with Crippen LogP contribution < -0.4 is 5.46 Å². The van der Waals surface area contributed by atoms with Gasteiger partial charge in [-0.15, -0.1) is 0 Å². The zero-order valence-electron chi connectivity index (χ0n) is 12.8. The highest BCUT2D eigenvalue weighted by molar-refractivity contribution is 6.59. The average Bonchev–Trinajstić information content (AvgIpc) is 2.43. The van der Waals surface area contributed by atoms with Gasteiger partial charge in [0, 0.05) is 13.1 Å². The van der Waals surface area contributed by atoms with Crippen molar-refractivity contribution in [2.24, 2.45) is 5.92 Å². The molecular formula is C15H24BFN2O2. The Balaban J connectivity index is 1.94. The zero-order chi connectivity index (χ0) is 15.4. The molecule has 1 aromatic carbocycles. The Bertz CT molecular complexity index is 465. The van der Waals surface area contributed by atoms with E-state index in [4.69, 9.17) is 0 Å². The van der Waals surface area contributed by atoms with Gasteiger partial charge in [0.25, 0.3) is 0 Å². The second-order valence-electron chi connectivity index (χ2n) is 6.16. The first-order valence-corrected chi connectivity index (χ1v) is 7.47. The van der Waals surface area contributed by atoms with Crippen LogP contribution in [0.1, 0.15) is 18.4 Å². The van der Waals surface area contributed by atoms with Crippen LogP contribution in [0, 0.1) is 11.7 Å². The number of hydrogen-bond acceptors (Lipinski definition) is 4. The fraction of sp³-hybridized carbons (Fsp3) is 0.600. The highest BCUT2D eigenvalue weighted by atomic mass is 19.1. The van der Waals surface area contributed by atoms with E-state index in [1.165, 1.54) is 25.0 Å². The molecule has 0 unspecified atom stereocenters. The van der Waals surface area contributed by atoms with Crippen LogP contribution >= 0.6 is 0 Å². The Morgan fingerprint density at radius 3 is 2.62 bits per heavy atom. The van der Waals surface area contributed by atoms with Crippen LogP contribution in [-0.2, 0) is 6.54 Å². The SMILES string of the molecule is CN1CCC(CN(C)Cc2ccc(F)cc2B(O)O)CC1. The molecule has 1 fully saturated rings. The molecule has 0 amide bonds. The molecule has 0 spiro atoms. The summed E-state index contributed by atoms with van der Waals surface area (Å²) in [4.78, 5) is 4.52. The zero-order valence-corrected chi connectivity index (χ0v) is 12.8. The first-order valence-electron chi connectivity index (χ1n) is 7.47. The van der Waals surface area contributed by atoms with Crippen molar-refractivity contribution < 1.29 is 14.4 Å². The molecule has 0 aliphatic carbocycles. The van der Waals surface area contributed by atoms with E-state index in [-0.39, 0.29) is 5.46 Å². The van der Waals surface area contributed by atoms with Crippen LogP contribution in [0.25, 0.3) is 0 Å². The summed E-state index contributed by atoms with van der Waals surface area (Å²) in [6, 6.07) is 4.20. The summed E-state index contributed by atoms with van der Waals surface area (Å²) in [7, 11) is 2.54. The largest absolute Gasteiger partial charge is 0.488 e. The second kappa shape index (κ2) is 7.36. The van der Waals surface area contributed by atoms with Crippen LogP contribution in [0.4, 0.5) is 4.39 Å². The molecule has 0 radical (unpaired) electrons. The lowest BCUT2D eigenvalue weighted by molar-refractivity contribution is 0.173. The van der Waals surface area contributed by atoms with Crippen molar-refractivity contribution in [1.29, 1.82) is 0 Å². The van der Waals surface area contributed by atoms with Crippen molar-refractivity contribution in [3.8, 4) is 0 Å². The molecule has 21 heavy (non-hydrogen) atoms. The maximum absolute atomic E-state index is 13.2. The average molecular weight is 294 g/mol. The van der Waals surface area contributed by atoms with Gasteiger partial charge in [0.2, 0.25) is 0 Å². The summed E-state index contributed by atoms with van der Waals surface area (Å²) in [6.45, 7) is 3.84. The van der Waals surface area contributed by atoms with E-state index in [0.717, 1.165) is 25.2 Å². The first-order chi connectivity index (χ1) is 9.95. The van der Waals surface area contributed by atoms with Crippen LogP contribution in [0.2, 0.25) is 0 Å². The van der Waals surface area contributed by atoms with E-state index >= 15 is 0 Å². The van der Waals surface area contributed by atoms with E-state index in [1.807, 2.05) is 7.05 Å². The molecule has 0 atom stereocenters. The quantitative estimate of drug-likeness (QED) is 0.766. The molecular weight excluding hydrogens is 270 g/mol. The van der Waals surface area contributed by atoms with Crippen LogP contribution in [-0.4, -0.2) is 60.7 Å². The Kier molecular flexibility index (Phi) is 5.76. The number of likely N-dealkylation sites (tertiary alicyclic amines) is 1. The topological polar surface area (TPSA) is 46.9 Å². The summed E-state index contributed by atoms with van der Waals surface area (Å²) in [5, 5.41) is 18.7. The minimum atomic E-state index is -1.63. The van der Waals surface area contributed by atoms with Crippen molar-refractivity contribution in [2.75, 3.05) is 33.7 Å². The van der Waals surface area contributed by atoms with Crippen LogP contribution in [0.3, 0.4) is 0 Å². The van der Waals surface area contributed by atoms with Crippen molar-refractivity contribution >= 4 is 12.6 Å². The molecule has 6 heteroatoms. The lowest BCUT2D eigenvalue weighted by atomic mass is 9.77. The van der Waals surface area contributed by atoms with Gasteiger partial charge in [-0.3, -0.25) is 0 Å². The molecule has 4 nitrogen and oxygen atoms in total. The van der Waals surface area contributed by atoms with E-state index in [0.29, 0.717) is 12.5 Å². The first kappa shape index (κ1) is 16.4. The van der Waals surface area contributed by atoms with Gasteiger partial charge < -0.3 is 19.8 Å². The van der Waals surface area contributed by atoms with Gasteiger partial charge in [0.15, 0.2) is 0 Å². The van der Waals surface area contributed by atoms with Gasteiger partial charge in [0.1, 0.15) is 5.82 Å². The number of piperidine rings is 1. The number of nitrogens with zero attached hydrogens (tertiary/aromatic N) is 2. The van der Waals surface area contributed by atoms with Gasteiger partial charge >= 0.3 is 7.12 Å². The summed E-state index contributed by atoms with van der Waals surface area (Å²) in [5.74, 6) is 0.231. The molecule has 116 valence electrons. The van der Waals surface area contributed by atoms with Crippen molar-refractivity contribution in [2.45, 2.75) is 19.4 Å². The van der Waals surface area contributed by atoms with Gasteiger partial charge in [-0.2, -0.15) is 0 Å². The number of halogens is 1. The lowest BCUT2D eigenvalue weighted by Crippen LogP contribution is -2.38. The maximum Gasteiger partial charge on any atom is 0.488 e. The van der Waals surface area contributed by atoms with Gasteiger partial charge in [-0.25, -0.2) is 4.39 Å². The third kappa shape index (κ3) is 4.78. The predicted octanol–water partition coefficient (Wildman–Crippen LogP) is 0.279. The predicted molar refractivity (Wildman–Crippen MR) is 82.8 cm³/mol. The molecule has 0 bridgehead atoms. The minimum Gasteiger partial charge on any atom is -0.423 e. The molecule has 0 saturated carbocycles. The molecule has 2 rings (SSSR count). The van der Waals surface area contributed by atoms with Gasteiger partial charge in [0.05, 0.1) is 0 Å². The third-order valence-electron chi connectivity index (χ3n) is 4.23. The number of benzene rings is 1. The Morgan fingerprint density at radius 2 is 2.00 bits per heavy atom. The number of rotatable bonds is 5. The molecule has 2 N–H and O–H groups in total. The number of hydrogen-bond donors (Lipinski definition) is 2. The monoisotopic (exact) mass is 294 g/mol. The molecule has 1 saturated heterocycles. The Morgan fingerprint density at radius 1 is 1.33 bits per heavy atom. The summed E-state index contributed by atoms with van der Waals surface area (Å²) < 4.78 is 13.2. The van der Waals surface area contributed by atoms with Gasteiger partial charge in [-0.05, 0) is 69.1 Å². The molecule has 0 aromatic heterocycles. The van der Waals surface area contributed by atoms with Crippen molar-refractivity contribution in [3.05, 3.63) is 29.6 Å². The van der Waals surface area contributed by atoms with E-state index in [9.17, 15) is 14.4 Å². The van der Waals surface area contributed by atoms with Crippen LogP contribution in [0.15, 0.2) is 18.2 Å². The minimum absolute atomic E-state index is 0.255. The standard InChI is InChI=1S/C15H24BFN2O2/c1-18-7-5-12(6-8-18)10-19(2)11-13-3-4-14(17)9-15(13)16(20)21/h3-4,9,12,20-21H,5-8,10-11H2,1-2H3. The molecule has 1 aliphatic rings. The second-order valence-corrected chi connectivity index (χ2v) is 6.16. The smallest absolute Gasteiger partial charge is 0.423 e. The Labute approximate surface area is 126 Å². The highest BCUT2D eigenvalue weighted by Crippen LogP contribution is 2.17. The fourth-order valence-electron chi connectivity index (χ4n) is 2.99. The van der Waals surface area contributed by atoms with E-state index < -0.39 is 12.9 Å². The third-order valence-corrected chi connectivity index (χ3v) is 4.23. The molecule has 1 aromatic rings. The highest BCUT2D eigenvalue weighted by Gasteiger charge is 2.21. The maximum atomic E-state index is 13.2. The lowest BCUT2D eigenvalue weighted by Gasteiger charge is -2.32. The Hall–Kier alpha value is -0.945. The fourth-order valence-corrected chi connectivity index (χ4v) is 2.99. The van der Waals surface area contributed by atoms with Crippen LogP contribution in [0.5, 0.6) is 0 Å². The summed E-state index contributed by atoms with van der Waals surface area (Å²) >= 11 is 0. The normalized spacial score (nSPS) is 17.4. The summed E-state index contributed by atoms with van der Waals surface area (Å²) in [5.41, 5.74) is 1.02. The van der Waals surface area contributed by atoms with Crippen molar-refractivity contribution in [3.63, 3.8) is 0 Å². The van der Waals surface area contributed by atoms with Crippen molar-refractivity contribution in [1.82, 2.24) is 9.80 Å². The van der Waals surface area contributed by atoms with E-state index in [2.05, 4.69) is 16.8 Å². The van der Waals surface area contributed by atoms with E-state index in [1.54, 1.807) is 6.07 Å².